The van der Waals surface area contributed by atoms with Crippen molar-refractivity contribution in [2.45, 2.75) is 43.1 Å². The van der Waals surface area contributed by atoms with E-state index in [2.05, 4.69) is 5.32 Å². The molecule has 13 heteroatoms. The molecule has 2 aromatic rings. The molecule has 0 heterocycles. The maximum absolute atomic E-state index is 14.1. The maximum atomic E-state index is 14.1. The van der Waals surface area contributed by atoms with E-state index in [1.54, 1.807) is 19.1 Å². The van der Waals surface area contributed by atoms with Crippen LogP contribution in [0.15, 0.2) is 59.4 Å². The molecule has 0 radical (unpaired) electrons. The number of nitrogens with zero attached hydrogens (tertiary/aromatic N) is 1. The Labute approximate surface area is 252 Å². The highest BCUT2D eigenvalue weighted by atomic mass is 16.4. The minimum atomic E-state index is -3.02. The number of rotatable bonds is 6. The van der Waals surface area contributed by atoms with Crippen LogP contribution in [0.5, 0.6) is 5.75 Å². The summed E-state index contributed by atoms with van der Waals surface area (Å²) in [6, 6.07) is 9.51. The summed E-state index contributed by atoms with van der Waals surface area (Å²) in [6.45, 7) is 1.62. The van der Waals surface area contributed by atoms with Crippen LogP contribution in [0.2, 0.25) is 0 Å². The molecule has 5 rings (SSSR count). The number of anilines is 1. The number of phenolic OH excluding ortho intramolecular Hbond substituents is 1. The summed E-state index contributed by atoms with van der Waals surface area (Å²) < 4.78 is 0. The molecule has 3 aliphatic carbocycles. The number of likely N-dealkylation sites (N-methyl/N-ethyl adjacent to an activating group) is 1. The van der Waals surface area contributed by atoms with Crippen LogP contribution in [-0.2, 0) is 25.6 Å². The van der Waals surface area contributed by atoms with Gasteiger partial charge in [0.25, 0.3) is 5.91 Å². The standard InChI is InChI=1S/C31H34N4O9/c1-12-14-9-10-16(34-30(43)15(32)11-13-7-5-4-6-8-13)23(36)18(14)24(37)19-17(12)25(38)21-22(35(2)3)26(39)20(29(33)42)28(41)31(21,44)27(19)40/h4-10,12,15,17,21-22,25,36-38,41,44H,11,32H2,1-3H3,(H2,33,42)(H,34,43)/t12-,15-,17?,21?,22-,25?,31-/m0/s1. The van der Waals surface area contributed by atoms with Gasteiger partial charge >= 0.3 is 0 Å². The number of Topliss-reactive ketones (excluding diaryl/α,β-unsaturated/α-hetero) is 2. The lowest BCUT2D eigenvalue weighted by molar-refractivity contribution is -0.169. The first-order chi connectivity index (χ1) is 20.6. The first-order valence-corrected chi connectivity index (χ1v) is 13.9. The van der Waals surface area contributed by atoms with Crippen LogP contribution >= 0.6 is 0 Å². The lowest BCUT2D eigenvalue weighted by Crippen LogP contribution is -2.70. The Morgan fingerprint density at radius 1 is 1.07 bits per heavy atom. The molecule has 0 saturated heterocycles. The molecule has 1 saturated carbocycles. The molecule has 0 aliphatic heterocycles. The molecule has 1 fully saturated rings. The van der Waals surface area contributed by atoms with Crippen molar-refractivity contribution < 1.29 is 44.7 Å². The summed E-state index contributed by atoms with van der Waals surface area (Å²) in [6.07, 6.45) is -1.50. The van der Waals surface area contributed by atoms with E-state index in [0.29, 0.717) is 5.56 Å². The fourth-order valence-corrected chi connectivity index (χ4v) is 6.90. The molecular weight excluding hydrogens is 572 g/mol. The number of primary amides is 1. The summed E-state index contributed by atoms with van der Waals surface area (Å²) in [7, 11) is 2.87. The van der Waals surface area contributed by atoms with Gasteiger partial charge in [-0.2, -0.15) is 0 Å². The molecule has 3 aliphatic rings. The van der Waals surface area contributed by atoms with Crippen LogP contribution in [0.4, 0.5) is 5.69 Å². The quantitative estimate of drug-likeness (QED) is 0.161. The van der Waals surface area contributed by atoms with Crippen molar-refractivity contribution in [1.82, 2.24) is 4.90 Å². The van der Waals surface area contributed by atoms with E-state index in [0.717, 1.165) is 5.56 Å². The van der Waals surface area contributed by atoms with E-state index in [1.165, 1.54) is 31.1 Å². The molecule has 10 N–H and O–H groups in total. The smallest absolute Gasteiger partial charge is 0.255 e. The number of aliphatic hydroxyl groups excluding tert-OH is 3. The van der Waals surface area contributed by atoms with E-state index in [1.807, 2.05) is 18.2 Å². The van der Waals surface area contributed by atoms with Gasteiger partial charge in [-0.1, -0.05) is 43.3 Å². The number of hydrogen-bond acceptors (Lipinski definition) is 11. The molecule has 13 nitrogen and oxygen atoms in total. The minimum Gasteiger partial charge on any atom is -0.508 e. The van der Waals surface area contributed by atoms with Gasteiger partial charge in [0.05, 0.1) is 35.4 Å². The number of nitrogens with two attached hydrogens (primary N) is 2. The van der Waals surface area contributed by atoms with E-state index >= 15 is 0 Å². The van der Waals surface area contributed by atoms with Crippen molar-refractivity contribution in [3.8, 4) is 5.75 Å². The molecule has 3 unspecified atom stereocenters. The molecule has 2 aromatic carbocycles. The highest BCUT2D eigenvalue weighted by Gasteiger charge is 2.68. The van der Waals surface area contributed by atoms with Crippen molar-refractivity contribution in [2.24, 2.45) is 23.3 Å². The monoisotopic (exact) mass is 606 g/mol. The van der Waals surface area contributed by atoms with Crippen molar-refractivity contribution in [3.05, 3.63) is 76.1 Å². The van der Waals surface area contributed by atoms with Crippen LogP contribution in [0.3, 0.4) is 0 Å². The van der Waals surface area contributed by atoms with Crippen LogP contribution in [0, 0.1) is 11.8 Å². The van der Waals surface area contributed by atoms with Crippen molar-refractivity contribution in [2.75, 3.05) is 19.4 Å². The Balaban J connectivity index is 1.60. The first-order valence-electron chi connectivity index (χ1n) is 13.9. The number of carbonyl (C=O) groups is 4. The molecule has 0 spiro atoms. The van der Waals surface area contributed by atoms with E-state index in [9.17, 15) is 44.7 Å². The van der Waals surface area contributed by atoms with E-state index < -0.39 is 93.3 Å². The highest BCUT2D eigenvalue weighted by molar-refractivity contribution is 6.24. The number of hydrogen-bond donors (Lipinski definition) is 8. The van der Waals surface area contributed by atoms with Crippen LogP contribution in [0.25, 0.3) is 5.76 Å². The Morgan fingerprint density at radius 2 is 1.70 bits per heavy atom. The third-order valence-corrected chi connectivity index (χ3v) is 9.02. The van der Waals surface area contributed by atoms with E-state index in [-0.39, 0.29) is 17.7 Å². The van der Waals surface area contributed by atoms with Crippen LogP contribution in [0.1, 0.15) is 29.5 Å². The molecule has 0 bridgehead atoms. The zero-order chi connectivity index (χ0) is 32.4. The SMILES string of the molecule is C[C@H]1c2ccc(NC(=O)[C@@H](N)Cc3ccccc3)c(O)c2C(O)=C2C(=O)[C@]3(O)C(O)=C(C(N)=O)C(=O)[C@@H](N(C)C)C3C(O)C21. The third kappa shape index (κ3) is 4.39. The normalized spacial score (nSPS) is 28.8. The van der Waals surface area contributed by atoms with Gasteiger partial charge in [0, 0.05) is 11.5 Å². The number of fused-ring (bicyclic) bond motifs is 3. The number of aromatic hydroxyl groups is 1. The second-order valence-electron chi connectivity index (χ2n) is 11.8. The highest BCUT2D eigenvalue weighted by Crippen LogP contribution is 2.56. The largest absolute Gasteiger partial charge is 0.508 e. The number of ketones is 2. The van der Waals surface area contributed by atoms with Gasteiger partial charge in [-0.15, -0.1) is 0 Å². The fraction of sp³-hybridized carbons (Fsp3) is 0.355. The summed E-state index contributed by atoms with van der Waals surface area (Å²) >= 11 is 0. The van der Waals surface area contributed by atoms with Gasteiger partial charge in [-0.05, 0) is 43.6 Å². The average molecular weight is 607 g/mol. The van der Waals surface area contributed by atoms with E-state index in [4.69, 9.17) is 11.5 Å². The Kier molecular flexibility index (Phi) is 7.62. The molecule has 0 aromatic heterocycles. The van der Waals surface area contributed by atoms with Gasteiger partial charge in [0.2, 0.25) is 11.7 Å². The summed E-state index contributed by atoms with van der Waals surface area (Å²) in [5, 5.41) is 59.7. The number of nitrogens with one attached hydrogen (secondary N) is 1. The van der Waals surface area contributed by atoms with Gasteiger partial charge in [-0.25, -0.2) is 0 Å². The van der Waals surface area contributed by atoms with Crippen molar-refractivity contribution in [1.29, 1.82) is 0 Å². The number of benzene rings is 2. The predicted molar refractivity (Wildman–Crippen MR) is 157 cm³/mol. The summed E-state index contributed by atoms with van der Waals surface area (Å²) in [4.78, 5) is 53.7. The average Bonchev–Trinajstić information content (AvgIpc) is 2.96. The second kappa shape index (κ2) is 10.9. The minimum absolute atomic E-state index is 0.120. The molecule has 232 valence electrons. The summed E-state index contributed by atoms with van der Waals surface area (Å²) in [5.74, 6) is -10.6. The number of amides is 2. The van der Waals surface area contributed by atoms with Gasteiger partial charge in [-0.3, -0.25) is 24.1 Å². The van der Waals surface area contributed by atoms with Crippen LogP contribution < -0.4 is 16.8 Å². The fourth-order valence-electron chi connectivity index (χ4n) is 6.90. The Morgan fingerprint density at radius 3 is 2.30 bits per heavy atom. The molecule has 2 amide bonds. The van der Waals surface area contributed by atoms with Gasteiger partial charge < -0.3 is 42.3 Å². The zero-order valence-electron chi connectivity index (χ0n) is 24.2. The first kappa shape index (κ1) is 30.9. The lowest BCUT2D eigenvalue weighted by Gasteiger charge is -2.53. The molecule has 44 heavy (non-hydrogen) atoms. The predicted octanol–water partition coefficient (Wildman–Crippen LogP) is 0.00430. The molecule has 7 atom stereocenters. The van der Waals surface area contributed by atoms with Crippen molar-refractivity contribution >= 4 is 34.8 Å². The second-order valence-corrected chi connectivity index (χ2v) is 11.8. The topological polar surface area (TPSA) is 237 Å². The Hall–Kier alpha value is -4.56. The zero-order valence-corrected chi connectivity index (χ0v) is 24.2. The number of aliphatic hydroxyl groups is 4. The number of phenols is 1. The third-order valence-electron chi connectivity index (χ3n) is 9.02. The van der Waals surface area contributed by atoms with Crippen molar-refractivity contribution in [3.63, 3.8) is 0 Å². The van der Waals surface area contributed by atoms with Gasteiger partial charge in [0.15, 0.2) is 11.4 Å². The Bertz CT molecular complexity index is 1650. The van der Waals surface area contributed by atoms with Gasteiger partial charge in [0.1, 0.15) is 22.8 Å². The lowest BCUT2D eigenvalue weighted by atomic mass is 9.54. The maximum Gasteiger partial charge on any atom is 0.255 e. The van der Waals surface area contributed by atoms with Crippen LogP contribution in [-0.4, -0.2) is 91.7 Å². The number of carbonyl (C=O) groups excluding carboxylic acids is 4. The molecular formula is C31H34N4O9. The summed E-state index contributed by atoms with van der Waals surface area (Å²) in [5.41, 5.74) is 7.63.